The maximum atomic E-state index is 12.3. The lowest BCUT2D eigenvalue weighted by atomic mass is 9.87. The van der Waals surface area contributed by atoms with Crippen molar-refractivity contribution in [2.45, 2.75) is 53.1 Å². The molecule has 0 aromatic heterocycles. The SMILES string of the molecule is Cc1cccc(C)c1NC(=O)CNC(=O)C(C)Oc1cccc(C(C)(C)C)c1. The number of hydrogen-bond donors (Lipinski definition) is 2. The van der Waals surface area contributed by atoms with Gasteiger partial charge < -0.3 is 15.4 Å². The fourth-order valence-corrected chi connectivity index (χ4v) is 2.80. The van der Waals surface area contributed by atoms with Crippen molar-refractivity contribution < 1.29 is 14.3 Å². The Balaban J connectivity index is 1.90. The molecule has 0 bridgehead atoms. The van der Waals surface area contributed by atoms with Gasteiger partial charge in [0.15, 0.2) is 6.10 Å². The van der Waals surface area contributed by atoms with Crippen LogP contribution in [0.25, 0.3) is 0 Å². The lowest BCUT2D eigenvalue weighted by molar-refractivity contribution is -0.129. The lowest BCUT2D eigenvalue weighted by Gasteiger charge is -2.21. The van der Waals surface area contributed by atoms with E-state index in [0.717, 1.165) is 22.4 Å². The fraction of sp³-hybridized carbons (Fsp3) is 0.391. The fourth-order valence-electron chi connectivity index (χ4n) is 2.80. The van der Waals surface area contributed by atoms with Gasteiger partial charge in [0.05, 0.1) is 6.54 Å². The van der Waals surface area contributed by atoms with Crippen LogP contribution in [0.1, 0.15) is 44.4 Å². The normalized spacial score (nSPS) is 12.2. The molecule has 0 radical (unpaired) electrons. The summed E-state index contributed by atoms with van der Waals surface area (Å²) in [6.45, 7) is 11.8. The lowest BCUT2D eigenvalue weighted by Crippen LogP contribution is -2.40. The van der Waals surface area contributed by atoms with Gasteiger partial charge >= 0.3 is 0 Å². The van der Waals surface area contributed by atoms with Crippen LogP contribution in [0.3, 0.4) is 0 Å². The van der Waals surface area contributed by atoms with Gasteiger partial charge in [-0.2, -0.15) is 0 Å². The van der Waals surface area contributed by atoms with Crippen LogP contribution in [0.5, 0.6) is 5.75 Å². The van der Waals surface area contributed by atoms with Crippen molar-refractivity contribution in [1.82, 2.24) is 5.32 Å². The second-order valence-corrected chi connectivity index (χ2v) is 8.07. The average molecular weight is 383 g/mol. The molecular weight excluding hydrogens is 352 g/mol. The van der Waals surface area contributed by atoms with E-state index in [-0.39, 0.29) is 23.8 Å². The van der Waals surface area contributed by atoms with E-state index in [1.54, 1.807) is 6.92 Å². The maximum Gasteiger partial charge on any atom is 0.261 e. The van der Waals surface area contributed by atoms with E-state index < -0.39 is 6.10 Å². The second kappa shape index (κ2) is 8.91. The molecule has 2 aromatic rings. The molecule has 2 N–H and O–H groups in total. The van der Waals surface area contributed by atoms with Crippen LogP contribution in [-0.2, 0) is 15.0 Å². The van der Waals surface area contributed by atoms with Crippen LogP contribution in [0.4, 0.5) is 5.69 Å². The van der Waals surface area contributed by atoms with Crippen molar-refractivity contribution in [3.8, 4) is 5.75 Å². The Morgan fingerprint density at radius 2 is 1.64 bits per heavy atom. The van der Waals surface area contributed by atoms with Gasteiger partial charge in [-0.3, -0.25) is 9.59 Å². The summed E-state index contributed by atoms with van der Waals surface area (Å²) < 4.78 is 5.76. The predicted molar refractivity (Wildman–Crippen MR) is 113 cm³/mol. The molecule has 0 saturated carbocycles. The molecule has 28 heavy (non-hydrogen) atoms. The van der Waals surface area contributed by atoms with E-state index in [1.165, 1.54) is 0 Å². The summed E-state index contributed by atoms with van der Waals surface area (Å²) in [6.07, 6.45) is -0.705. The van der Waals surface area contributed by atoms with Crippen molar-refractivity contribution in [1.29, 1.82) is 0 Å². The van der Waals surface area contributed by atoms with Crippen molar-refractivity contribution >= 4 is 17.5 Å². The van der Waals surface area contributed by atoms with E-state index in [0.29, 0.717) is 5.75 Å². The van der Waals surface area contributed by atoms with Crippen LogP contribution >= 0.6 is 0 Å². The third-order valence-electron chi connectivity index (χ3n) is 4.55. The van der Waals surface area contributed by atoms with Gasteiger partial charge in [0.1, 0.15) is 5.75 Å². The number of amides is 2. The zero-order valence-electron chi connectivity index (χ0n) is 17.6. The van der Waals surface area contributed by atoms with Crippen molar-refractivity contribution in [3.63, 3.8) is 0 Å². The molecule has 5 heteroatoms. The minimum Gasteiger partial charge on any atom is -0.481 e. The number of nitrogens with one attached hydrogen (secondary N) is 2. The predicted octanol–water partition coefficient (Wildman–Crippen LogP) is 4.12. The van der Waals surface area contributed by atoms with Crippen LogP contribution in [0.2, 0.25) is 0 Å². The highest BCUT2D eigenvalue weighted by Crippen LogP contribution is 2.26. The first-order valence-corrected chi connectivity index (χ1v) is 9.49. The van der Waals surface area contributed by atoms with Crippen LogP contribution in [0, 0.1) is 13.8 Å². The van der Waals surface area contributed by atoms with Gasteiger partial charge in [-0.25, -0.2) is 0 Å². The number of carbonyl (C=O) groups is 2. The Morgan fingerprint density at radius 1 is 1.04 bits per heavy atom. The zero-order chi connectivity index (χ0) is 20.9. The summed E-state index contributed by atoms with van der Waals surface area (Å²) in [6, 6.07) is 13.5. The Bertz CT molecular complexity index is 833. The Kier molecular flexibility index (Phi) is 6.84. The Labute approximate surface area is 167 Å². The third kappa shape index (κ3) is 5.84. The first-order chi connectivity index (χ1) is 13.1. The number of benzene rings is 2. The molecule has 0 fully saturated rings. The Hall–Kier alpha value is -2.82. The number of anilines is 1. The molecular formula is C23H30N2O3. The van der Waals surface area contributed by atoms with Gasteiger partial charge in [-0.15, -0.1) is 0 Å². The number of rotatable bonds is 6. The molecule has 0 aliphatic rings. The largest absolute Gasteiger partial charge is 0.481 e. The molecule has 150 valence electrons. The summed E-state index contributed by atoms with van der Waals surface area (Å²) in [5, 5.41) is 5.48. The highest BCUT2D eigenvalue weighted by Gasteiger charge is 2.18. The number of ether oxygens (including phenoxy) is 1. The van der Waals surface area contributed by atoms with Gasteiger partial charge in [-0.1, -0.05) is 51.1 Å². The summed E-state index contributed by atoms with van der Waals surface area (Å²) in [4.78, 5) is 24.5. The minimum atomic E-state index is -0.705. The number of para-hydroxylation sites is 1. The smallest absolute Gasteiger partial charge is 0.261 e. The van der Waals surface area contributed by atoms with E-state index >= 15 is 0 Å². The van der Waals surface area contributed by atoms with E-state index in [4.69, 9.17) is 4.74 Å². The molecule has 0 heterocycles. The number of carbonyl (C=O) groups excluding carboxylic acids is 2. The summed E-state index contributed by atoms with van der Waals surface area (Å²) in [7, 11) is 0. The van der Waals surface area contributed by atoms with Crippen molar-refractivity contribution in [3.05, 3.63) is 59.2 Å². The topological polar surface area (TPSA) is 67.4 Å². The molecule has 0 aliphatic heterocycles. The summed E-state index contributed by atoms with van der Waals surface area (Å²) in [5.41, 5.74) is 3.87. The molecule has 1 unspecified atom stereocenters. The van der Waals surface area contributed by atoms with Gasteiger partial charge in [0, 0.05) is 5.69 Å². The van der Waals surface area contributed by atoms with Gasteiger partial charge in [0.25, 0.3) is 5.91 Å². The molecule has 5 nitrogen and oxygen atoms in total. The number of aryl methyl sites for hydroxylation is 2. The quantitative estimate of drug-likeness (QED) is 0.790. The minimum absolute atomic E-state index is 0.00332. The molecule has 1 atom stereocenters. The summed E-state index contributed by atoms with van der Waals surface area (Å²) in [5.74, 6) is 0.0283. The molecule has 0 aliphatic carbocycles. The molecule has 0 spiro atoms. The highest BCUT2D eigenvalue weighted by atomic mass is 16.5. The van der Waals surface area contributed by atoms with Crippen LogP contribution in [0.15, 0.2) is 42.5 Å². The first-order valence-electron chi connectivity index (χ1n) is 9.49. The monoisotopic (exact) mass is 382 g/mol. The maximum absolute atomic E-state index is 12.3. The van der Waals surface area contributed by atoms with Crippen LogP contribution in [-0.4, -0.2) is 24.5 Å². The van der Waals surface area contributed by atoms with Gasteiger partial charge in [-0.05, 0) is 55.0 Å². The van der Waals surface area contributed by atoms with E-state index in [9.17, 15) is 9.59 Å². The molecule has 2 aromatic carbocycles. The third-order valence-corrected chi connectivity index (χ3v) is 4.55. The first kappa shape index (κ1) is 21.5. The molecule has 0 saturated heterocycles. The highest BCUT2D eigenvalue weighted by molar-refractivity contribution is 5.96. The number of hydrogen-bond acceptors (Lipinski definition) is 3. The zero-order valence-corrected chi connectivity index (χ0v) is 17.6. The van der Waals surface area contributed by atoms with Crippen LogP contribution < -0.4 is 15.4 Å². The van der Waals surface area contributed by atoms with Gasteiger partial charge in [0.2, 0.25) is 5.91 Å². The van der Waals surface area contributed by atoms with Crippen molar-refractivity contribution in [2.75, 3.05) is 11.9 Å². The molecule has 2 rings (SSSR count). The average Bonchev–Trinajstić information content (AvgIpc) is 2.62. The van der Waals surface area contributed by atoms with E-state index in [1.807, 2.05) is 56.3 Å². The molecule has 2 amide bonds. The summed E-state index contributed by atoms with van der Waals surface area (Å²) >= 11 is 0. The second-order valence-electron chi connectivity index (χ2n) is 8.07. The van der Waals surface area contributed by atoms with Crippen molar-refractivity contribution in [2.24, 2.45) is 0 Å². The Morgan fingerprint density at radius 3 is 2.25 bits per heavy atom. The van der Waals surface area contributed by atoms with E-state index in [2.05, 4.69) is 31.4 Å². The standard InChI is InChI=1S/C23H30N2O3/c1-15-9-7-10-16(2)21(15)25-20(26)14-24-22(27)17(3)28-19-12-8-11-18(13-19)23(4,5)6/h7-13,17H,14H2,1-6H3,(H,24,27)(H,25,26).